The number of aryl methyl sites for hydroxylation is 3. The maximum atomic E-state index is 5.75. The predicted molar refractivity (Wildman–Crippen MR) is 67.4 cm³/mol. The van der Waals surface area contributed by atoms with Gasteiger partial charge in [-0.1, -0.05) is 0 Å². The van der Waals surface area contributed by atoms with E-state index in [4.69, 9.17) is 10.5 Å². The summed E-state index contributed by atoms with van der Waals surface area (Å²) in [7, 11) is 1.82. The molecule has 2 heterocycles. The molecule has 0 aliphatic heterocycles. The van der Waals surface area contributed by atoms with E-state index in [-0.39, 0.29) is 0 Å². The number of nitrogens with zero attached hydrogens (tertiary/aromatic N) is 4. The van der Waals surface area contributed by atoms with Crippen LogP contribution in [0.3, 0.4) is 0 Å². The maximum absolute atomic E-state index is 5.75. The molecule has 0 atom stereocenters. The first-order chi connectivity index (χ1) is 8.52. The summed E-state index contributed by atoms with van der Waals surface area (Å²) >= 11 is 0. The fourth-order valence-electron chi connectivity index (χ4n) is 1.74. The summed E-state index contributed by atoms with van der Waals surface area (Å²) < 4.78 is 7.39. The topological polar surface area (TPSA) is 78.9 Å². The maximum Gasteiger partial charge on any atom is 0.245 e. The van der Waals surface area contributed by atoms with Crippen molar-refractivity contribution in [2.75, 3.05) is 0 Å². The molecule has 6 heteroatoms. The Morgan fingerprint density at radius 1 is 1.28 bits per heavy atom. The van der Waals surface area contributed by atoms with Gasteiger partial charge in [0.1, 0.15) is 0 Å². The van der Waals surface area contributed by atoms with Gasteiger partial charge in [-0.15, -0.1) is 5.10 Å². The van der Waals surface area contributed by atoms with Crippen molar-refractivity contribution in [2.24, 2.45) is 12.8 Å². The number of hydrogen-bond acceptors (Lipinski definition) is 5. The highest BCUT2D eigenvalue weighted by atomic mass is 16.5. The zero-order valence-corrected chi connectivity index (χ0v) is 11.1. The molecule has 0 aliphatic rings. The van der Waals surface area contributed by atoms with Crippen LogP contribution >= 0.6 is 0 Å². The van der Waals surface area contributed by atoms with E-state index in [9.17, 15) is 0 Å². The van der Waals surface area contributed by atoms with E-state index in [1.807, 2.05) is 33.9 Å². The molecule has 6 nitrogen and oxygen atoms in total. The number of ether oxygens (including phenoxy) is 1. The Balaban J connectivity index is 2.40. The van der Waals surface area contributed by atoms with Gasteiger partial charge in [0.25, 0.3) is 0 Å². The number of nitrogens with two attached hydrogens (primary N) is 1. The van der Waals surface area contributed by atoms with Crippen LogP contribution < -0.4 is 10.5 Å². The third-order valence-electron chi connectivity index (χ3n) is 2.91. The summed E-state index contributed by atoms with van der Waals surface area (Å²) in [4.78, 5) is 0. The fourth-order valence-corrected chi connectivity index (χ4v) is 1.74. The summed E-state index contributed by atoms with van der Waals surface area (Å²) in [5.41, 5.74) is 9.39. The Morgan fingerprint density at radius 3 is 2.56 bits per heavy atom. The van der Waals surface area contributed by atoms with E-state index in [2.05, 4.69) is 15.3 Å². The smallest absolute Gasteiger partial charge is 0.245 e. The fraction of sp³-hybridized carbons (Fsp3) is 0.417. The molecule has 18 heavy (non-hydrogen) atoms. The minimum atomic E-state index is 0.369. The highest BCUT2D eigenvalue weighted by Gasteiger charge is 2.13. The van der Waals surface area contributed by atoms with Gasteiger partial charge in [-0.2, -0.15) is 10.2 Å². The van der Waals surface area contributed by atoms with Crippen LogP contribution in [0.1, 0.15) is 22.5 Å². The Labute approximate surface area is 106 Å². The molecule has 2 aromatic rings. The molecule has 0 unspecified atom stereocenters. The van der Waals surface area contributed by atoms with Crippen LogP contribution in [0.15, 0.2) is 6.07 Å². The molecular formula is C12H17N5O. The summed E-state index contributed by atoms with van der Waals surface area (Å²) in [5.74, 6) is 1.07. The largest absolute Gasteiger partial charge is 0.419 e. The van der Waals surface area contributed by atoms with Crippen LogP contribution in [0.25, 0.3) is 0 Å². The second-order valence-corrected chi connectivity index (χ2v) is 4.25. The monoisotopic (exact) mass is 247 g/mol. The predicted octanol–water partition coefficient (Wildman–Crippen LogP) is 1.39. The van der Waals surface area contributed by atoms with Gasteiger partial charge < -0.3 is 10.5 Å². The van der Waals surface area contributed by atoms with Crippen LogP contribution in [-0.2, 0) is 13.6 Å². The zero-order chi connectivity index (χ0) is 13.3. The van der Waals surface area contributed by atoms with Crippen LogP contribution in [-0.4, -0.2) is 20.0 Å². The van der Waals surface area contributed by atoms with Crippen molar-refractivity contribution in [3.05, 3.63) is 28.6 Å². The van der Waals surface area contributed by atoms with E-state index in [0.717, 1.165) is 22.5 Å². The molecule has 2 aromatic heterocycles. The minimum absolute atomic E-state index is 0.369. The Kier molecular flexibility index (Phi) is 3.29. The lowest BCUT2D eigenvalue weighted by atomic mass is 10.1. The summed E-state index contributed by atoms with van der Waals surface area (Å²) in [5, 5.41) is 12.3. The lowest BCUT2D eigenvalue weighted by molar-refractivity contribution is 0.403. The van der Waals surface area contributed by atoms with E-state index >= 15 is 0 Å². The first-order valence-corrected chi connectivity index (χ1v) is 5.74. The average molecular weight is 247 g/mol. The molecule has 0 bridgehead atoms. The van der Waals surface area contributed by atoms with Crippen molar-refractivity contribution in [1.29, 1.82) is 0 Å². The van der Waals surface area contributed by atoms with Crippen molar-refractivity contribution in [3.8, 4) is 11.8 Å². The number of hydrogen-bond donors (Lipinski definition) is 1. The quantitative estimate of drug-likeness (QED) is 0.886. The van der Waals surface area contributed by atoms with Crippen molar-refractivity contribution in [3.63, 3.8) is 0 Å². The van der Waals surface area contributed by atoms with Crippen LogP contribution in [0, 0.1) is 20.8 Å². The normalized spacial score (nSPS) is 10.7. The molecule has 2 rings (SSSR count). The highest BCUT2D eigenvalue weighted by molar-refractivity contribution is 5.37. The van der Waals surface area contributed by atoms with Gasteiger partial charge in [0, 0.05) is 25.2 Å². The standard InChI is InChI=1S/C12H17N5O/c1-7-5-11(17(4)16-7)18-12-10(6-13)8(2)9(3)14-15-12/h5H,6,13H2,1-4H3. The molecule has 0 aliphatic carbocycles. The van der Waals surface area contributed by atoms with Crippen molar-refractivity contribution < 1.29 is 4.74 Å². The van der Waals surface area contributed by atoms with Crippen LogP contribution in [0.5, 0.6) is 11.8 Å². The molecule has 0 aromatic carbocycles. The Morgan fingerprint density at radius 2 is 2.00 bits per heavy atom. The number of rotatable bonds is 3. The highest BCUT2D eigenvalue weighted by Crippen LogP contribution is 2.25. The molecule has 2 N–H and O–H groups in total. The van der Waals surface area contributed by atoms with Gasteiger partial charge in [0.2, 0.25) is 11.8 Å². The SMILES string of the molecule is Cc1cc(Oc2nnc(C)c(C)c2CN)n(C)n1. The lowest BCUT2D eigenvalue weighted by Crippen LogP contribution is -2.08. The summed E-state index contributed by atoms with van der Waals surface area (Å²) in [6.45, 7) is 6.14. The first-order valence-electron chi connectivity index (χ1n) is 5.74. The summed E-state index contributed by atoms with van der Waals surface area (Å²) in [6.07, 6.45) is 0. The lowest BCUT2D eigenvalue weighted by Gasteiger charge is -2.11. The first kappa shape index (κ1) is 12.5. The molecule has 0 saturated carbocycles. The van der Waals surface area contributed by atoms with E-state index in [1.54, 1.807) is 4.68 Å². The molecule has 96 valence electrons. The molecule has 0 amide bonds. The van der Waals surface area contributed by atoms with Gasteiger partial charge in [-0.3, -0.25) is 0 Å². The second-order valence-electron chi connectivity index (χ2n) is 4.25. The molecular weight excluding hydrogens is 230 g/mol. The molecule has 0 radical (unpaired) electrons. The van der Waals surface area contributed by atoms with Gasteiger partial charge in [0.05, 0.1) is 11.4 Å². The average Bonchev–Trinajstić information content (AvgIpc) is 2.63. The van der Waals surface area contributed by atoms with E-state index in [1.165, 1.54) is 0 Å². The molecule has 0 spiro atoms. The van der Waals surface area contributed by atoms with Crippen molar-refractivity contribution in [1.82, 2.24) is 20.0 Å². The van der Waals surface area contributed by atoms with Crippen molar-refractivity contribution in [2.45, 2.75) is 27.3 Å². The Bertz CT molecular complexity index is 576. The van der Waals surface area contributed by atoms with Gasteiger partial charge >= 0.3 is 0 Å². The molecule has 0 saturated heterocycles. The van der Waals surface area contributed by atoms with E-state index < -0.39 is 0 Å². The van der Waals surface area contributed by atoms with Gasteiger partial charge in [0.15, 0.2) is 0 Å². The van der Waals surface area contributed by atoms with Crippen LogP contribution in [0.2, 0.25) is 0 Å². The Hall–Kier alpha value is -1.95. The van der Waals surface area contributed by atoms with Gasteiger partial charge in [-0.05, 0) is 26.3 Å². The third-order valence-corrected chi connectivity index (χ3v) is 2.91. The van der Waals surface area contributed by atoms with Crippen molar-refractivity contribution >= 4 is 0 Å². The zero-order valence-electron chi connectivity index (χ0n) is 11.1. The number of aromatic nitrogens is 4. The second kappa shape index (κ2) is 4.73. The molecule has 0 fully saturated rings. The minimum Gasteiger partial charge on any atom is -0.419 e. The van der Waals surface area contributed by atoms with E-state index in [0.29, 0.717) is 18.3 Å². The van der Waals surface area contributed by atoms with Crippen LogP contribution in [0.4, 0.5) is 0 Å². The van der Waals surface area contributed by atoms with Gasteiger partial charge in [-0.25, -0.2) is 4.68 Å². The third kappa shape index (κ3) is 2.19. The summed E-state index contributed by atoms with van der Waals surface area (Å²) in [6, 6.07) is 1.84.